The summed E-state index contributed by atoms with van der Waals surface area (Å²) < 4.78 is 1.13. The van der Waals surface area contributed by atoms with Gasteiger partial charge in [-0.3, -0.25) is 0 Å². The third kappa shape index (κ3) is 8.70. The van der Waals surface area contributed by atoms with Crippen LogP contribution in [-0.2, 0) is 6.42 Å². The highest BCUT2D eigenvalue weighted by atomic mass is 79.9. The lowest BCUT2D eigenvalue weighted by Gasteiger charge is -2.09. The maximum absolute atomic E-state index is 6.41. The number of alkyl halides is 1. The number of unbranched alkanes of at least 4 members (excludes halogenated alkanes) is 6. The predicted molar refractivity (Wildman–Crippen MR) is 90.1 cm³/mol. The molecule has 0 saturated carbocycles. The first-order valence-corrected chi connectivity index (χ1v) is 8.84. The maximum Gasteiger partial charge on any atom is 0.0376 e. The van der Waals surface area contributed by atoms with Gasteiger partial charge in [0.2, 0.25) is 0 Å². The van der Waals surface area contributed by atoms with Gasteiger partial charge in [0.05, 0.1) is 0 Å². The second kappa shape index (κ2) is 10.7. The van der Waals surface area contributed by atoms with E-state index in [2.05, 4.69) is 47.1 Å². The van der Waals surface area contributed by atoms with E-state index in [9.17, 15) is 0 Å². The Labute approximate surface area is 132 Å². The van der Waals surface area contributed by atoms with Crippen LogP contribution in [0.25, 0.3) is 0 Å². The van der Waals surface area contributed by atoms with Gasteiger partial charge in [-0.1, -0.05) is 79.9 Å². The summed E-state index contributed by atoms with van der Waals surface area (Å²) in [6.07, 6.45) is 11.6. The quantitative estimate of drug-likeness (QED) is 0.325. The zero-order chi connectivity index (χ0) is 13.9. The highest BCUT2D eigenvalue weighted by Crippen LogP contribution is 2.18. The van der Waals surface area contributed by atoms with Crippen molar-refractivity contribution in [1.29, 1.82) is 0 Å². The van der Waals surface area contributed by atoms with Crippen molar-refractivity contribution in [3.8, 4) is 0 Å². The molecule has 1 unspecified atom stereocenters. The fourth-order valence-electron chi connectivity index (χ4n) is 2.30. The van der Waals surface area contributed by atoms with Crippen LogP contribution in [0.2, 0.25) is 0 Å². The van der Waals surface area contributed by atoms with E-state index in [1.54, 1.807) is 0 Å². The summed E-state index contributed by atoms with van der Waals surface area (Å²) in [5, 5.41) is 0.289. The van der Waals surface area contributed by atoms with E-state index in [0.29, 0.717) is 0 Å². The van der Waals surface area contributed by atoms with Gasteiger partial charge in [-0.05, 0) is 30.5 Å². The molecule has 19 heavy (non-hydrogen) atoms. The van der Waals surface area contributed by atoms with Crippen molar-refractivity contribution in [2.75, 3.05) is 0 Å². The van der Waals surface area contributed by atoms with Crippen molar-refractivity contribution in [2.24, 2.45) is 0 Å². The lowest BCUT2D eigenvalue weighted by molar-refractivity contribution is 0.567. The molecule has 0 aliphatic rings. The summed E-state index contributed by atoms with van der Waals surface area (Å²) in [5.74, 6) is 0. The van der Waals surface area contributed by atoms with E-state index in [4.69, 9.17) is 11.6 Å². The number of hydrogen-bond donors (Lipinski definition) is 0. The molecule has 0 heterocycles. The number of hydrogen-bond acceptors (Lipinski definition) is 0. The van der Waals surface area contributed by atoms with E-state index in [-0.39, 0.29) is 5.38 Å². The Hall–Kier alpha value is -0.0100. The Morgan fingerprint density at radius 2 is 1.53 bits per heavy atom. The van der Waals surface area contributed by atoms with Gasteiger partial charge in [-0.25, -0.2) is 0 Å². The first-order chi connectivity index (χ1) is 9.22. The zero-order valence-electron chi connectivity index (χ0n) is 12.0. The monoisotopic (exact) mass is 344 g/mol. The van der Waals surface area contributed by atoms with Crippen molar-refractivity contribution in [1.82, 2.24) is 0 Å². The highest BCUT2D eigenvalue weighted by Gasteiger charge is 2.05. The first-order valence-electron chi connectivity index (χ1n) is 7.61. The van der Waals surface area contributed by atoms with Gasteiger partial charge in [0, 0.05) is 9.85 Å². The van der Waals surface area contributed by atoms with E-state index < -0.39 is 0 Å². The highest BCUT2D eigenvalue weighted by molar-refractivity contribution is 9.10. The van der Waals surface area contributed by atoms with Crippen LogP contribution >= 0.6 is 27.5 Å². The molecular formula is C17H26BrCl. The van der Waals surface area contributed by atoms with Gasteiger partial charge < -0.3 is 0 Å². The fraction of sp³-hybridized carbons (Fsp3) is 0.647. The Morgan fingerprint density at radius 3 is 2.16 bits per heavy atom. The first kappa shape index (κ1) is 17.0. The molecular weight excluding hydrogens is 320 g/mol. The molecule has 2 heteroatoms. The third-order valence-corrected chi connectivity index (χ3v) is 4.39. The molecule has 108 valence electrons. The fourth-order valence-corrected chi connectivity index (χ4v) is 2.90. The summed E-state index contributed by atoms with van der Waals surface area (Å²) in [4.78, 5) is 0. The predicted octanol–water partition coefficient (Wildman–Crippen LogP) is 6.74. The third-order valence-electron chi connectivity index (χ3n) is 3.49. The molecule has 0 radical (unpaired) electrons. The number of rotatable bonds is 10. The number of halogens is 2. The average molecular weight is 346 g/mol. The molecule has 0 aliphatic carbocycles. The smallest absolute Gasteiger partial charge is 0.0376 e. The van der Waals surface area contributed by atoms with Crippen LogP contribution in [0.3, 0.4) is 0 Å². The molecule has 0 fully saturated rings. The largest absolute Gasteiger partial charge is 0.123 e. The van der Waals surface area contributed by atoms with E-state index in [1.807, 2.05) is 0 Å². The molecule has 0 bridgehead atoms. The Balaban J connectivity index is 2.04. The van der Waals surface area contributed by atoms with Crippen molar-refractivity contribution in [3.63, 3.8) is 0 Å². The van der Waals surface area contributed by atoms with E-state index in [0.717, 1.165) is 17.3 Å². The minimum absolute atomic E-state index is 0.289. The van der Waals surface area contributed by atoms with Gasteiger partial charge in [0.15, 0.2) is 0 Å². The van der Waals surface area contributed by atoms with Crippen LogP contribution < -0.4 is 0 Å². The maximum atomic E-state index is 6.41. The normalized spacial score (nSPS) is 12.6. The van der Waals surface area contributed by atoms with Crippen molar-refractivity contribution in [3.05, 3.63) is 34.3 Å². The van der Waals surface area contributed by atoms with Gasteiger partial charge in [-0.2, -0.15) is 0 Å². The minimum atomic E-state index is 0.289. The van der Waals surface area contributed by atoms with Crippen LogP contribution in [0.4, 0.5) is 0 Å². The van der Waals surface area contributed by atoms with Gasteiger partial charge in [0.1, 0.15) is 0 Å². The molecule has 0 spiro atoms. The zero-order valence-corrected chi connectivity index (χ0v) is 14.3. The molecule has 1 aromatic rings. The molecule has 0 saturated heterocycles. The summed E-state index contributed by atoms with van der Waals surface area (Å²) in [6.45, 7) is 2.26. The molecule has 0 aliphatic heterocycles. The van der Waals surface area contributed by atoms with Crippen LogP contribution in [0.1, 0.15) is 63.9 Å². The Bertz CT molecular complexity index is 321. The Morgan fingerprint density at radius 1 is 0.947 bits per heavy atom. The number of benzene rings is 1. The van der Waals surface area contributed by atoms with Crippen LogP contribution in [0.5, 0.6) is 0 Å². The van der Waals surface area contributed by atoms with Crippen LogP contribution in [0.15, 0.2) is 28.7 Å². The second-order valence-corrected chi connectivity index (χ2v) is 6.87. The minimum Gasteiger partial charge on any atom is -0.123 e. The van der Waals surface area contributed by atoms with Crippen LogP contribution in [-0.4, -0.2) is 5.38 Å². The second-order valence-electron chi connectivity index (χ2n) is 5.34. The topological polar surface area (TPSA) is 0 Å². The summed E-state index contributed by atoms with van der Waals surface area (Å²) in [7, 11) is 0. The van der Waals surface area contributed by atoms with Crippen molar-refractivity contribution >= 4 is 27.5 Å². The van der Waals surface area contributed by atoms with E-state index >= 15 is 0 Å². The van der Waals surface area contributed by atoms with Crippen molar-refractivity contribution < 1.29 is 0 Å². The SMILES string of the molecule is CCCCCCCCCC(Cl)Cc1ccc(Br)cc1. The standard InChI is InChI=1S/C17H26BrCl/c1-2-3-4-5-6-7-8-9-17(19)14-15-10-12-16(18)13-11-15/h10-13,17H,2-9,14H2,1H3. The summed E-state index contributed by atoms with van der Waals surface area (Å²) in [5.41, 5.74) is 1.34. The van der Waals surface area contributed by atoms with Gasteiger partial charge >= 0.3 is 0 Å². The lowest BCUT2D eigenvalue weighted by atomic mass is 10.0. The molecule has 1 rings (SSSR count). The molecule has 1 aromatic carbocycles. The average Bonchev–Trinajstić information content (AvgIpc) is 2.40. The van der Waals surface area contributed by atoms with Crippen LogP contribution in [0, 0.1) is 0 Å². The van der Waals surface area contributed by atoms with E-state index in [1.165, 1.54) is 50.5 Å². The lowest BCUT2D eigenvalue weighted by Crippen LogP contribution is -2.03. The van der Waals surface area contributed by atoms with Gasteiger partial charge in [0.25, 0.3) is 0 Å². The molecule has 0 N–H and O–H groups in total. The van der Waals surface area contributed by atoms with Gasteiger partial charge in [-0.15, -0.1) is 11.6 Å². The molecule has 0 amide bonds. The molecule has 0 aromatic heterocycles. The van der Waals surface area contributed by atoms with Crippen molar-refractivity contribution in [2.45, 2.75) is 70.1 Å². The summed E-state index contributed by atoms with van der Waals surface area (Å²) >= 11 is 9.86. The summed E-state index contributed by atoms with van der Waals surface area (Å²) in [6, 6.07) is 8.49. The Kier molecular flexibility index (Phi) is 9.63. The molecule has 0 nitrogen and oxygen atoms in total. The molecule has 1 atom stereocenters.